The number of halogens is 1. The van der Waals surface area contributed by atoms with Gasteiger partial charge in [0.15, 0.2) is 7.41 Å². The lowest BCUT2D eigenvalue weighted by atomic mass is 10.3. The third-order valence-electron chi connectivity index (χ3n) is 4.31. The van der Waals surface area contributed by atoms with Crippen LogP contribution in [0.25, 0.3) is 0 Å². The predicted octanol–water partition coefficient (Wildman–Crippen LogP) is 4.86. The van der Waals surface area contributed by atoms with Gasteiger partial charge in [-0.3, -0.25) is 0 Å². The van der Waals surface area contributed by atoms with E-state index < -0.39 is 7.41 Å². The Morgan fingerprint density at radius 1 is 0.640 bits per heavy atom. The molecule has 0 unspecified atom stereocenters. The van der Waals surface area contributed by atoms with Crippen molar-refractivity contribution in [3.8, 4) is 0 Å². The van der Waals surface area contributed by atoms with Crippen molar-refractivity contribution in [2.75, 3.05) is 6.54 Å². The van der Waals surface area contributed by atoms with Crippen molar-refractivity contribution in [2.45, 2.75) is 19.8 Å². The first-order valence-electron chi connectivity index (χ1n) is 8.69. The predicted molar refractivity (Wildman–Crippen MR) is 118 cm³/mol. The molecule has 0 radical (unpaired) electrons. The van der Waals surface area contributed by atoms with E-state index in [1.54, 1.807) is 0 Å². The molecule has 3 rings (SSSR count). The van der Waals surface area contributed by atoms with Gasteiger partial charge in [-0.15, -0.1) is 17.0 Å². The summed E-state index contributed by atoms with van der Waals surface area (Å²) < 4.78 is 0. The van der Waals surface area contributed by atoms with Crippen LogP contribution in [0.3, 0.4) is 0 Å². The summed E-state index contributed by atoms with van der Waals surface area (Å²) in [6.45, 7) is 3.28. The van der Waals surface area contributed by atoms with Crippen LogP contribution >= 0.6 is 24.4 Å². The molecule has 3 heteroatoms. The lowest BCUT2D eigenvalue weighted by Gasteiger charge is -2.27. The van der Waals surface area contributed by atoms with Crippen LogP contribution in [0.4, 0.5) is 0 Å². The van der Waals surface area contributed by atoms with Gasteiger partial charge in [0.2, 0.25) is 0 Å². The molecule has 3 aromatic rings. The lowest BCUT2D eigenvalue weighted by molar-refractivity contribution is 0.771. The van der Waals surface area contributed by atoms with Crippen LogP contribution in [-0.4, -0.2) is 6.54 Å². The van der Waals surface area contributed by atoms with E-state index in [2.05, 4.69) is 103 Å². The summed E-state index contributed by atoms with van der Waals surface area (Å²) >= 11 is 0. The van der Waals surface area contributed by atoms with E-state index >= 15 is 0 Å². The SMILES string of the molecule is Br.CCCCN[P+](c1ccccc1)(c1ccccc1)c1ccccc1. The highest BCUT2D eigenvalue weighted by Crippen LogP contribution is 2.50. The minimum absolute atomic E-state index is 0. The smallest absolute Gasteiger partial charge is 0.178 e. The Bertz CT molecular complexity index is 635. The number of hydrogen-bond donors (Lipinski definition) is 1. The second-order valence-corrected chi connectivity index (χ2v) is 9.15. The summed E-state index contributed by atoms with van der Waals surface area (Å²) in [5, 5.41) is 8.16. The summed E-state index contributed by atoms with van der Waals surface area (Å²) in [7, 11) is -1.83. The molecule has 25 heavy (non-hydrogen) atoms. The van der Waals surface area contributed by atoms with Gasteiger partial charge >= 0.3 is 0 Å². The molecule has 0 atom stereocenters. The summed E-state index contributed by atoms with van der Waals surface area (Å²) in [5.41, 5.74) is 0. The van der Waals surface area contributed by atoms with Crippen LogP contribution < -0.4 is 21.0 Å². The average molecular weight is 415 g/mol. The zero-order chi connectivity index (χ0) is 16.7. The number of hydrogen-bond acceptors (Lipinski definition) is 1. The van der Waals surface area contributed by atoms with Gasteiger partial charge in [-0.1, -0.05) is 67.9 Å². The molecule has 1 N–H and O–H groups in total. The molecule has 0 saturated heterocycles. The molecule has 130 valence electrons. The molecule has 0 aliphatic carbocycles. The highest BCUT2D eigenvalue weighted by Gasteiger charge is 2.45. The largest absolute Gasteiger partial charge is 0.178 e. The van der Waals surface area contributed by atoms with Crippen molar-refractivity contribution in [3.63, 3.8) is 0 Å². The number of unbranched alkanes of at least 4 members (excludes halogenated alkanes) is 1. The van der Waals surface area contributed by atoms with Crippen molar-refractivity contribution >= 4 is 40.3 Å². The maximum atomic E-state index is 3.99. The zero-order valence-electron chi connectivity index (χ0n) is 14.6. The molecule has 0 amide bonds. The molecule has 0 saturated carbocycles. The van der Waals surface area contributed by atoms with Crippen molar-refractivity contribution in [1.29, 1.82) is 0 Å². The Labute approximate surface area is 162 Å². The second-order valence-electron chi connectivity index (χ2n) is 5.94. The maximum Gasteiger partial charge on any atom is 0.178 e. The summed E-state index contributed by atoms with van der Waals surface area (Å²) in [5.74, 6) is 0. The Morgan fingerprint density at radius 3 is 1.32 bits per heavy atom. The standard InChI is InChI=1S/C22H25NP.BrH/c1-2-3-19-23-24(20-13-7-4-8-14-20,21-15-9-5-10-16-21)22-17-11-6-12-18-22;/h4-18,23H,2-3,19H2,1H3;1H/q+1;. The zero-order valence-corrected chi connectivity index (χ0v) is 17.2. The van der Waals surface area contributed by atoms with E-state index in [-0.39, 0.29) is 17.0 Å². The van der Waals surface area contributed by atoms with Crippen LogP contribution in [0.2, 0.25) is 0 Å². The van der Waals surface area contributed by atoms with E-state index in [1.807, 2.05) is 0 Å². The molecule has 1 nitrogen and oxygen atoms in total. The highest BCUT2D eigenvalue weighted by atomic mass is 79.9. The number of benzene rings is 3. The monoisotopic (exact) mass is 414 g/mol. The van der Waals surface area contributed by atoms with E-state index in [0.717, 1.165) is 6.54 Å². The van der Waals surface area contributed by atoms with Crippen molar-refractivity contribution in [2.24, 2.45) is 0 Å². The fourth-order valence-electron chi connectivity index (χ4n) is 3.10. The maximum absolute atomic E-state index is 3.99. The van der Waals surface area contributed by atoms with E-state index in [4.69, 9.17) is 0 Å². The molecule has 0 aromatic heterocycles. The normalized spacial score (nSPS) is 10.9. The minimum Gasteiger partial charge on any atom is -0.178 e. The van der Waals surface area contributed by atoms with E-state index in [0.29, 0.717) is 0 Å². The van der Waals surface area contributed by atoms with Gasteiger partial charge in [0.1, 0.15) is 15.9 Å². The van der Waals surface area contributed by atoms with Gasteiger partial charge in [0.25, 0.3) is 0 Å². The van der Waals surface area contributed by atoms with Crippen LogP contribution in [0.1, 0.15) is 19.8 Å². The van der Waals surface area contributed by atoms with Gasteiger partial charge < -0.3 is 0 Å². The second kappa shape index (κ2) is 9.87. The van der Waals surface area contributed by atoms with Crippen LogP contribution in [0, 0.1) is 0 Å². The Morgan fingerprint density at radius 2 is 1.00 bits per heavy atom. The fourth-order valence-corrected chi connectivity index (χ4v) is 6.89. The molecule has 3 aromatic carbocycles. The molecular formula is C22H26BrNP+. The van der Waals surface area contributed by atoms with Crippen molar-refractivity contribution in [1.82, 2.24) is 5.09 Å². The van der Waals surface area contributed by atoms with Crippen LogP contribution in [-0.2, 0) is 0 Å². The number of nitrogens with one attached hydrogen (secondary N) is 1. The van der Waals surface area contributed by atoms with Gasteiger partial charge in [0.05, 0.1) is 0 Å². The van der Waals surface area contributed by atoms with Crippen molar-refractivity contribution < 1.29 is 0 Å². The number of rotatable bonds is 7. The van der Waals surface area contributed by atoms with Crippen LogP contribution in [0.15, 0.2) is 91.0 Å². The first-order valence-corrected chi connectivity index (χ1v) is 10.5. The molecule has 0 aliphatic rings. The Hall–Kier alpha value is -1.47. The van der Waals surface area contributed by atoms with Gasteiger partial charge in [-0.25, -0.2) is 0 Å². The van der Waals surface area contributed by atoms with Crippen molar-refractivity contribution in [3.05, 3.63) is 91.0 Å². The molecule has 0 heterocycles. The lowest BCUT2D eigenvalue weighted by Crippen LogP contribution is -2.40. The fraction of sp³-hybridized carbons (Fsp3) is 0.182. The van der Waals surface area contributed by atoms with Gasteiger partial charge in [0, 0.05) is 6.54 Å². The third kappa shape index (κ3) is 4.39. The first-order chi connectivity index (χ1) is 11.9. The molecule has 0 aliphatic heterocycles. The molecule has 0 fully saturated rings. The van der Waals surface area contributed by atoms with Gasteiger partial charge in [-0.2, -0.15) is 5.09 Å². The molecule has 0 bridgehead atoms. The summed E-state index contributed by atoms with van der Waals surface area (Å²) in [4.78, 5) is 0. The summed E-state index contributed by atoms with van der Waals surface area (Å²) in [6, 6.07) is 32.8. The average Bonchev–Trinajstić information content (AvgIpc) is 2.68. The minimum atomic E-state index is -1.83. The van der Waals surface area contributed by atoms with Gasteiger partial charge in [-0.05, 0) is 42.8 Å². The van der Waals surface area contributed by atoms with E-state index in [9.17, 15) is 0 Å². The highest BCUT2D eigenvalue weighted by molar-refractivity contribution is 8.93. The third-order valence-corrected chi connectivity index (χ3v) is 8.23. The first kappa shape index (κ1) is 19.8. The molecule has 0 spiro atoms. The Balaban J connectivity index is 0.00000225. The Kier molecular flexibility index (Phi) is 7.84. The topological polar surface area (TPSA) is 12.0 Å². The molecular weight excluding hydrogens is 389 g/mol. The summed E-state index contributed by atoms with van der Waals surface area (Å²) in [6.07, 6.45) is 2.39. The quantitative estimate of drug-likeness (QED) is 0.429. The van der Waals surface area contributed by atoms with E-state index in [1.165, 1.54) is 28.8 Å². The van der Waals surface area contributed by atoms with Crippen LogP contribution in [0.5, 0.6) is 0 Å².